The molecule has 0 spiro atoms. The van der Waals surface area contributed by atoms with Crippen molar-refractivity contribution in [2.45, 2.75) is 168 Å². The molecule has 0 rings (SSSR count). The molecule has 9 heteroatoms. The average molecular weight is 634 g/mol. The number of phosphoric acid groups is 1. The maximum atomic E-state index is 12.4. The topological polar surface area (TPSA) is 117 Å². The minimum Gasteiger partial charge on any atom is -0.457 e. The third kappa shape index (κ3) is 32.4. The summed E-state index contributed by atoms with van der Waals surface area (Å²) in [5.41, 5.74) is 5.34. The summed E-state index contributed by atoms with van der Waals surface area (Å²) in [6, 6.07) is 0. The molecule has 0 aromatic carbocycles. The number of hydrogen-bond donors (Lipinski definition) is 2. The minimum absolute atomic E-state index is 0.0944. The predicted molar refractivity (Wildman–Crippen MR) is 178 cm³/mol. The molecule has 3 N–H and O–H groups in total. The summed E-state index contributed by atoms with van der Waals surface area (Å²) in [7, 11) is -4.26. The van der Waals surface area contributed by atoms with Crippen molar-refractivity contribution in [3.05, 3.63) is 12.2 Å². The average Bonchev–Trinajstić information content (AvgIpc) is 2.99. The van der Waals surface area contributed by atoms with Crippen molar-refractivity contribution in [1.29, 1.82) is 0 Å². The van der Waals surface area contributed by atoms with Crippen molar-refractivity contribution in [3.63, 3.8) is 0 Å². The lowest BCUT2D eigenvalue weighted by Crippen LogP contribution is -2.28. The monoisotopic (exact) mass is 633 g/mol. The summed E-state index contributed by atoms with van der Waals surface area (Å²) >= 11 is 0. The second-order valence-corrected chi connectivity index (χ2v) is 13.2. The molecule has 0 heterocycles. The molecule has 0 aliphatic carbocycles. The van der Waals surface area contributed by atoms with Crippen LogP contribution in [0.1, 0.15) is 162 Å². The molecule has 0 saturated carbocycles. The maximum Gasteiger partial charge on any atom is 0.472 e. The molecule has 0 aromatic heterocycles. The van der Waals surface area contributed by atoms with Gasteiger partial charge in [0.15, 0.2) is 0 Å². The van der Waals surface area contributed by atoms with E-state index in [1.165, 1.54) is 89.9 Å². The van der Waals surface area contributed by atoms with Crippen molar-refractivity contribution in [1.82, 2.24) is 0 Å². The third-order valence-corrected chi connectivity index (χ3v) is 8.40. The largest absolute Gasteiger partial charge is 0.472 e. The molecular formula is C34H68NO7P. The molecule has 2 atom stereocenters. The van der Waals surface area contributed by atoms with E-state index in [1.807, 2.05) is 0 Å². The highest BCUT2D eigenvalue weighted by Gasteiger charge is 2.25. The van der Waals surface area contributed by atoms with E-state index in [0.29, 0.717) is 13.0 Å². The van der Waals surface area contributed by atoms with Crippen LogP contribution in [0.5, 0.6) is 0 Å². The lowest BCUT2D eigenvalue weighted by atomic mass is 10.0. The molecule has 0 aliphatic heterocycles. The van der Waals surface area contributed by atoms with E-state index in [1.54, 1.807) is 0 Å². The number of ether oxygens (including phenoxy) is 2. The van der Waals surface area contributed by atoms with E-state index in [4.69, 9.17) is 24.3 Å². The molecule has 8 nitrogen and oxygen atoms in total. The number of hydrogen-bond acceptors (Lipinski definition) is 7. The second kappa shape index (κ2) is 32.6. The first-order valence-corrected chi connectivity index (χ1v) is 19.2. The number of rotatable bonds is 34. The van der Waals surface area contributed by atoms with Crippen molar-refractivity contribution >= 4 is 13.8 Å². The maximum absolute atomic E-state index is 12.4. The van der Waals surface area contributed by atoms with Crippen LogP contribution >= 0.6 is 7.82 Å². The van der Waals surface area contributed by atoms with Gasteiger partial charge in [0.05, 0.1) is 19.8 Å². The quantitative estimate of drug-likeness (QED) is 0.0311. The van der Waals surface area contributed by atoms with Crippen LogP contribution in [0, 0.1) is 0 Å². The normalized spacial score (nSPS) is 13.9. The fraction of sp³-hybridized carbons (Fsp3) is 0.912. The summed E-state index contributed by atoms with van der Waals surface area (Å²) in [5.74, 6) is -0.341. The van der Waals surface area contributed by atoms with Gasteiger partial charge in [0.1, 0.15) is 6.10 Å². The Labute approximate surface area is 264 Å². The van der Waals surface area contributed by atoms with Gasteiger partial charge >= 0.3 is 13.8 Å². The second-order valence-electron chi connectivity index (χ2n) is 11.7. The Hall–Kier alpha value is -0.760. The zero-order chi connectivity index (χ0) is 31.7. The first kappa shape index (κ1) is 42.2. The van der Waals surface area contributed by atoms with Gasteiger partial charge in [-0.05, 0) is 32.1 Å². The Morgan fingerprint density at radius 2 is 1.21 bits per heavy atom. The molecule has 0 saturated heterocycles. The van der Waals surface area contributed by atoms with Crippen molar-refractivity contribution < 1.29 is 32.8 Å². The van der Waals surface area contributed by atoms with Gasteiger partial charge in [-0.25, -0.2) is 4.57 Å². The Morgan fingerprint density at radius 1 is 0.674 bits per heavy atom. The van der Waals surface area contributed by atoms with Crippen LogP contribution in [0.3, 0.4) is 0 Å². The molecule has 256 valence electrons. The van der Waals surface area contributed by atoms with Crippen LogP contribution in [0.2, 0.25) is 0 Å². The van der Waals surface area contributed by atoms with Crippen LogP contribution in [0.15, 0.2) is 12.2 Å². The SMILES string of the molecule is CCC/C=C\CCCCCCCC(=O)OC(COCCCCCCCCCCCCCCCC)COP(=O)(O)OCCN. The fourth-order valence-electron chi connectivity index (χ4n) is 4.82. The zero-order valence-corrected chi connectivity index (χ0v) is 28.8. The summed E-state index contributed by atoms with van der Waals surface area (Å²) in [6.07, 6.45) is 30.8. The first-order valence-electron chi connectivity index (χ1n) is 17.7. The number of allylic oxidation sites excluding steroid dienone is 2. The van der Waals surface area contributed by atoms with Crippen LogP contribution in [-0.4, -0.2) is 49.9 Å². The standard InChI is InChI=1S/C34H68NO7P/c1-3-5-7-9-11-13-15-16-17-18-20-22-24-26-29-39-31-33(32-41-43(37,38)40-30-28-35)42-34(36)27-25-23-21-19-14-12-10-8-6-4-2/h8,10,33H,3-7,9,11-32,35H2,1-2H3,(H,37,38)/b10-8-. The molecule has 0 radical (unpaired) electrons. The number of esters is 1. The highest BCUT2D eigenvalue weighted by molar-refractivity contribution is 7.47. The third-order valence-electron chi connectivity index (χ3n) is 7.41. The molecule has 0 aromatic rings. The highest BCUT2D eigenvalue weighted by atomic mass is 31.2. The van der Waals surface area contributed by atoms with Gasteiger partial charge in [-0.3, -0.25) is 13.8 Å². The fourth-order valence-corrected chi connectivity index (χ4v) is 5.59. The molecule has 2 unspecified atom stereocenters. The smallest absolute Gasteiger partial charge is 0.457 e. The van der Waals surface area contributed by atoms with E-state index >= 15 is 0 Å². The zero-order valence-electron chi connectivity index (χ0n) is 28.0. The van der Waals surface area contributed by atoms with E-state index in [0.717, 1.165) is 51.4 Å². The Balaban J connectivity index is 4.08. The molecular weight excluding hydrogens is 565 g/mol. The van der Waals surface area contributed by atoms with Gasteiger partial charge < -0.3 is 20.1 Å². The Morgan fingerprint density at radius 3 is 1.79 bits per heavy atom. The van der Waals surface area contributed by atoms with Gasteiger partial charge in [-0.2, -0.15) is 0 Å². The van der Waals surface area contributed by atoms with Gasteiger partial charge in [0.25, 0.3) is 0 Å². The number of phosphoric ester groups is 1. The van der Waals surface area contributed by atoms with Gasteiger partial charge in [-0.15, -0.1) is 0 Å². The lowest BCUT2D eigenvalue weighted by molar-refractivity contribution is -0.154. The van der Waals surface area contributed by atoms with Gasteiger partial charge in [0, 0.05) is 19.6 Å². The van der Waals surface area contributed by atoms with Crippen LogP contribution < -0.4 is 5.73 Å². The van der Waals surface area contributed by atoms with Gasteiger partial charge in [0.2, 0.25) is 0 Å². The predicted octanol–water partition coefficient (Wildman–Crippen LogP) is 9.58. The van der Waals surface area contributed by atoms with Crippen molar-refractivity contribution in [2.75, 3.05) is 33.0 Å². The van der Waals surface area contributed by atoms with E-state index in [2.05, 4.69) is 26.0 Å². The number of nitrogens with two attached hydrogens (primary N) is 1. The molecule has 0 bridgehead atoms. The van der Waals surface area contributed by atoms with E-state index in [-0.39, 0.29) is 32.3 Å². The summed E-state index contributed by atoms with van der Waals surface area (Å²) in [6.45, 7) is 4.86. The molecule has 0 fully saturated rings. The highest BCUT2D eigenvalue weighted by Crippen LogP contribution is 2.43. The van der Waals surface area contributed by atoms with Crippen LogP contribution in [0.4, 0.5) is 0 Å². The molecule has 0 aliphatic rings. The Bertz CT molecular complexity index is 677. The van der Waals surface area contributed by atoms with Crippen LogP contribution in [0.25, 0.3) is 0 Å². The summed E-state index contributed by atoms with van der Waals surface area (Å²) < 4.78 is 33.2. The molecule has 0 amide bonds. The van der Waals surface area contributed by atoms with Crippen molar-refractivity contribution in [3.8, 4) is 0 Å². The van der Waals surface area contributed by atoms with Crippen molar-refractivity contribution in [2.24, 2.45) is 5.73 Å². The van der Waals surface area contributed by atoms with E-state index < -0.39 is 13.9 Å². The minimum atomic E-state index is -4.26. The summed E-state index contributed by atoms with van der Waals surface area (Å²) in [5, 5.41) is 0. The van der Waals surface area contributed by atoms with E-state index in [9.17, 15) is 14.3 Å². The Kier molecular flexibility index (Phi) is 32.1. The lowest BCUT2D eigenvalue weighted by Gasteiger charge is -2.20. The number of carbonyl (C=O) groups is 1. The first-order chi connectivity index (χ1) is 20.9. The van der Waals surface area contributed by atoms with Gasteiger partial charge in [-0.1, -0.05) is 135 Å². The van der Waals surface area contributed by atoms with Crippen LogP contribution in [-0.2, 0) is 27.9 Å². The summed E-state index contributed by atoms with van der Waals surface area (Å²) in [4.78, 5) is 22.3. The molecule has 43 heavy (non-hydrogen) atoms. The number of unbranched alkanes of at least 4 members (excludes halogenated alkanes) is 19. The number of carbonyl (C=O) groups excluding carboxylic acids is 1.